The minimum atomic E-state index is -0.623. The number of carbonyl (C=O) groups is 2. The SMILES string of the molecule is CCOc1ccc(NC(=O)C(=O)N2CCN(c3ccc(OC)cc3)CC2)cc1. The van der Waals surface area contributed by atoms with Crippen LogP contribution in [-0.2, 0) is 9.59 Å². The molecule has 0 bridgehead atoms. The lowest BCUT2D eigenvalue weighted by Gasteiger charge is -2.35. The van der Waals surface area contributed by atoms with Crippen LogP contribution in [0.25, 0.3) is 0 Å². The molecular weight excluding hydrogens is 358 g/mol. The summed E-state index contributed by atoms with van der Waals surface area (Å²) in [5, 5.41) is 2.65. The van der Waals surface area contributed by atoms with Crippen molar-refractivity contribution in [1.29, 1.82) is 0 Å². The monoisotopic (exact) mass is 383 g/mol. The molecule has 0 aliphatic carbocycles. The molecule has 0 aromatic heterocycles. The van der Waals surface area contributed by atoms with Crippen molar-refractivity contribution in [2.75, 3.05) is 50.1 Å². The second-order valence-corrected chi connectivity index (χ2v) is 6.39. The fourth-order valence-corrected chi connectivity index (χ4v) is 3.09. The number of hydrogen-bond acceptors (Lipinski definition) is 5. The Morgan fingerprint density at radius 1 is 0.929 bits per heavy atom. The number of carbonyl (C=O) groups excluding carboxylic acids is 2. The average molecular weight is 383 g/mol. The number of rotatable bonds is 5. The zero-order valence-electron chi connectivity index (χ0n) is 16.2. The molecule has 148 valence electrons. The Balaban J connectivity index is 1.51. The van der Waals surface area contributed by atoms with E-state index in [9.17, 15) is 9.59 Å². The molecule has 0 unspecified atom stereocenters. The molecule has 0 atom stereocenters. The number of ether oxygens (including phenoxy) is 2. The van der Waals surface area contributed by atoms with Crippen molar-refractivity contribution in [3.63, 3.8) is 0 Å². The van der Waals surface area contributed by atoms with Crippen molar-refractivity contribution < 1.29 is 19.1 Å². The van der Waals surface area contributed by atoms with Gasteiger partial charge in [-0.05, 0) is 55.5 Å². The van der Waals surface area contributed by atoms with Crippen LogP contribution in [0, 0.1) is 0 Å². The van der Waals surface area contributed by atoms with Crippen LogP contribution >= 0.6 is 0 Å². The third-order valence-corrected chi connectivity index (χ3v) is 4.62. The second-order valence-electron chi connectivity index (χ2n) is 6.39. The summed E-state index contributed by atoms with van der Waals surface area (Å²) in [6, 6.07) is 14.8. The lowest BCUT2D eigenvalue weighted by Crippen LogP contribution is -2.51. The maximum Gasteiger partial charge on any atom is 0.313 e. The Kier molecular flexibility index (Phi) is 6.37. The number of piperazine rings is 1. The first-order chi connectivity index (χ1) is 13.6. The molecule has 1 heterocycles. The Labute approximate surface area is 164 Å². The van der Waals surface area contributed by atoms with Crippen molar-refractivity contribution in [3.05, 3.63) is 48.5 Å². The maximum absolute atomic E-state index is 12.5. The molecule has 0 radical (unpaired) electrons. The molecule has 1 saturated heterocycles. The number of nitrogens with zero attached hydrogens (tertiary/aromatic N) is 2. The topological polar surface area (TPSA) is 71.1 Å². The van der Waals surface area contributed by atoms with Gasteiger partial charge in [0.25, 0.3) is 0 Å². The van der Waals surface area contributed by atoms with Gasteiger partial charge in [-0.2, -0.15) is 0 Å². The van der Waals surface area contributed by atoms with Gasteiger partial charge >= 0.3 is 11.8 Å². The van der Waals surface area contributed by atoms with E-state index < -0.39 is 11.8 Å². The summed E-state index contributed by atoms with van der Waals surface area (Å²) in [5.41, 5.74) is 1.64. The average Bonchev–Trinajstić information content (AvgIpc) is 2.75. The molecular formula is C21H25N3O4. The fraction of sp³-hybridized carbons (Fsp3) is 0.333. The second kappa shape index (κ2) is 9.12. The Bertz CT molecular complexity index is 797. The standard InChI is InChI=1S/C21H25N3O4/c1-3-28-19-8-4-16(5-9-19)22-20(25)21(26)24-14-12-23(13-15-24)17-6-10-18(27-2)11-7-17/h4-11H,3,12-15H2,1-2H3,(H,22,25). The third-order valence-electron chi connectivity index (χ3n) is 4.62. The van der Waals surface area contributed by atoms with Crippen molar-refractivity contribution >= 4 is 23.2 Å². The predicted octanol–water partition coefficient (Wildman–Crippen LogP) is 2.38. The van der Waals surface area contributed by atoms with Gasteiger partial charge in [-0.15, -0.1) is 0 Å². The first-order valence-corrected chi connectivity index (χ1v) is 9.33. The van der Waals surface area contributed by atoms with Crippen molar-refractivity contribution in [2.24, 2.45) is 0 Å². The quantitative estimate of drug-likeness (QED) is 0.803. The minimum absolute atomic E-state index is 0.502. The lowest BCUT2D eigenvalue weighted by atomic mass is 10.2. The molecule has 0 saturated carbocycles. The van der Waals surface area contributed by atoms with Gasteiger partial charge in [0, 0.05) is 37.6 Å². The van der Waals surface area contributed by atoms with E-state index in [1.54, 1.807) is 36.3 Å². The van der Waals surface area contributed by atoms with E-state index in [0.717, 1.165) is 17.2 Å². The Morgan fingerprint density at radius 2 is 1.54 bits per heavy atom. The van der Waals surface area contributed by atoms with Crippen molar-refractivity contribution in [2.45, 2.75) is 6.92 Å². The summed E-state index contributed by atoms with van der Waals surface area (Å²) in [7, 11) is 1.64. The Hall–Kier alpha value is -3.22. The van der Waals surface area contributed by atoms with E-state index in [2.05, 4.69) is 10.2 Å². The molecule has 2 amide bonds. The molecule has 3 rings (SSSR count). The van der Waals surface area contributed by atoms with Gasteiger partial charge < -0.3 is 24.6 Å². The van der Waals surface area contributed by atoms with E-state index in [1.165, 1.54) is 0 Å². The number of benzene rings is 2. The van der Waals surface area contributed by atoms with Gasteiger partial charge in [0.15, 0.2) is 0 Å². The van der Waals surface area contributed by atoms with Crippen LogP contribution in [0.5, 0.6) is 11.5 Å². The fourth-order valence-electron chi connectivity index (χ4n) is 3.09. The van der Waals surface area contributed by atoms with Gasteiger partial charge in [0.2, 0.25) is 0 Å². The maximum atomic E-state index is 12.5. The van der Waals surface area contributed by atoms with Gasteiger partial charge in [-0.25, -0.2) is 0 Å². The summed E-state index contributed by atoms with van der Waals surface area (Å²) in [4.78, 5) is 28.5. The molecule has 7 heteroatoms. The number of methoxy groups -OCH3 is 1. The minimum Gasteiger partial charge on any atom is -0.497 e. The summed E-state index contributed by atoms with van der Waals surface area (Å²) in [6.07, 6.45) is 0. The van der Waals surface area contributed by atoms with E-state index in [0.29, 0.717) is 38.5 Å². The predicted molar refractivity (Wildman–Crippen MR) is 108 cm³/mol. The largest absolute Gasteiger partial charge is 0.497 e. The summed E-state index contributed by atoms with van der Waals surface area (Å²) >= 11 is 0. The molecule has 2 aromatic rings. The van der Waals surface area contributed by atoms with Crippen LogP contribution < -0.4 is 19.7 Å². The summed E-state index contributed by atoms with van der Waals surface area (Å²) < 4.78 is 10.5. The van der Waals surface area contributed by atoms with E-state index in [1.807, 2.05) is 31.2 Å². The van der Waals surface area contributed by atoms with Crippen LogP contribution in [0.2, 0.25) is 0 Å². The van der Waals surface area contributed by atoms with E-state index >= 15 is 0 Å². The lowest BCUT2D eigenvalue weighted by molar-refractivity contribution is -0.143. The highest BCUT2D eigenvalue weighted by atomic mass is 16.5. The molecule has 28 heavy (non-hydrogen) atoms. The molecule has 7 nitrogen and oxygen atoms in total. The first kappa shape index (κ1) is 19.5. The zero-order chi connectivity index (χ0) is 19.9. The highest BCUT2D eigenvalue weighted by molar-refractivity contribution is 6.39. The number of anilines is 2. The van der Waals surface area contributed by atoms with Crippen molar-refractivity contribution in [1.82, 2.24) is 4.90 Å². The van der Waals surface area contributed by atoms with Gasteiger partial charge in [0.05, 0.1) is 13.7 Å². The Morgan fingerprint density at radius 3 is 2.11 bits per heavy atom. The highest BCUT2D eigenvalue weighted by Gasteiger charge is 2.26. The van der Waals surface area contributed by atoms with E-state index in [4.69, 9.17) is 9.47 Å². The van der Waals surface area contributed by atoms with Crippen LogP contribution in [0.1, 0.15) is 6.92 Å². The van der Waals surface area contributed by atoms with Crippen LogP contribution in [0.3, 0.4) is 0 Å². The third kappa shape index (κ3) is 4.73. The molecule has 1 aliphatic heterocycles. The smallest absolute Gasteiger partial charge is 0.313 e. The van der Waals surface area contributed by atoms with Gasteiger partial charge in [-0.1, -0.05) is 0 Å². The van der Waals surface area contributed by atoms with Crippen LogP contribution in [0.4, 0.5) is 11.4 Å². The molecule has 2 aromatic carbocycles. The summed E-state index contributed by atoms with van der Waals surface area (Å²) in [5.74, 6) is 0.398. The molecule has 1 N–H and O–H groups in total. The van der Waals surface area contributed by atoms with Gasteiger partial charge in [0.1, 0.15) is 11.5 Å². The first-order valence-electron chi connectivity index (χ1n) is 9.33. The van der Waals surface area contributed by atoms with Gasteiger partial charge in [-0.3, -0.25) is 9.59 Å². The molecule has 1 aliphatic rings. The van der Waals surface area contributed by atoms with Crippen LogP contribution in [0.15, 0.2) is 48.5 Å². The van der Waals surface area contributed by atoms with E-state index in [-0.39, 0.29) is 0 Å². The number of nitrogens with one attached hydrogen (secondary N) is 1. The van der Waals surface area contributed by atoms with Crippen molar-refractivity contribution in [3.8, 4) is 11.5 Å². The summed E-state index contributed by atoms with van der Waals surface area (Å²) in [6.45, 7) is 4.83. The van der Waals surface area contributed by atoms with Crippen LogP contribution in [-0.4, -0.2) is 56.6 Å². The number of hydrogen-bond donors (Lipinski definition) is 1. The number of amides is 2. The molecule has 1 fully saturated rings. The highest BCUT2D eigenvalue weighted by Crippen LogP contribution is 2.21. The zero-order valence-corrected chi connectivity index (χ0v) is 16.2. The molecule has 0 spiro atoms. The normalized spacial score (nSPS) is 13.8.